The van der Waals surface area contributed by atoms with Gasteiger partial charge in [-0.15, -0.1) is 0 Å². The average molecular weight is 301 g/mol. The summed E-state index contributed by atoms with van der Waals surface area (Å²) in [6, 6.07) is 10.1. The van der Waals surface area contributed by atoms with Crippen LogP contribution in [-0.4, -0.2) is 31.8 Å². The normalized spacial score (nSPS) is 12.0. The molecule has 0 aliphatic heterocycles. The molecular formula is C17H23N3O2. The van der Waals surface area contributed by atoms with Crippen molar-refractivity contribution in [1.29, 1.82) is 0 Å². The van der Waals surface area contributed by atoms with Gasteiger partial charge in [-0.3, -0.25) is 4.98 Å². The summed E-state index contributed by atoms with van der Waals surface area (Å²) in [5, 5.41) is 3.47. The quantitative estimate of drug-likeness (QED) is 0.777. The minimum atomic E-state index is 0.206. The first-order valence-electron chi connectivity index (χ1n) is 7.30. The highest BCUT2D eigenvalue weighted by Gasteiger charge is 2.09. The molecule has 0 aliphatic carbocycles. The van der Waals surface area contributed by atoms with Gasteiger partial charge in [0.25, 0.3) is 0 Å². The van der Waals surface area contributed by atoms with Gasteiger partial charge in [0.1, 0.15) is 0 Å². The molecule has 0 saturated heterocycles. The maximum atomic E-state index is 5.86. The van der Waals surface area contributed by atoms with Gasteiger partial charge in [0.2, 0.25) is 0 Å². The van der Waals surface area contributed by atoms with Gasteiger partial charge in [0, 0.05) is 31.5 Å². The van der Waals surface area contributed by atoms with Crippen LogP contribution in [0.5, 0.6) is 11.5 Å². The number of rotatable bonds is 8. The fourth-order valence-corrected chi connectivity index (χ4v) is 2.30. The summed E-state index contributed by atoms with van der Waals surface area (Å²) >= 11 is 0. The zero-order valence-corrected chi connectivity index (χ0v) is 13.1. The lowest BCUT2D eigenvalue weighted by Gasteiger charge is -2.17. The zero-order valence-electron chi connectivity index (χ0n) is 13.1. The fraction of sp³-hybridized carbons (Fsp3) is 0.353. The van der Waals surface area contributed by atoms with Gasteiger partial charge in [-0.1, -0.05) is 12.1 Å². The van der Waals surface area contributed by atoms with Crippen LogP contribution in [-0.2, 0) is 13.0 Å². The Bertz CT molecular complexity index is 575. The lowest BCUT2D eigenvalue weighted by Crippen LogP contribution is -2.37. The number of methoxy groups -OCH3 is 2. The molecule has 0 amide bonds. The molecule has 0 aliphatic rings. The Hall–Kier alpha value is -2.11. The van der Waals surface area contributed by atoms with Crippen LogP contribution in [0.1, 0.15) is 11.1 Å². The van der Waals surface area contributed by atoms with Crippen molar-refractivity contribution >= 4 is 0 Å². The molecule has 0 spiro atoms. The zero-order chi connectivity index (χ0) is 15.8. The van der Waals surface area contributed by atoms with E-state index in [-0.39, 0.29) is 6.04 Å². The Morgan fingerprint density at radius 1 is 1.14 bits per heavy atom. The minimum Gasteiger partial charge on any atom is -0.493 e. The molecule has 1 unspecified atom stereocenters. The average Bonchev–Trinajstić information content (AvgIpc) is 2.59. The van der Waals surface area contributed by atoms with E-state index in [9.17, 15) is 0 Å². The van der Waals surface area contributed by atoms with Gasteiger partial charge in [0.15, 0.2) is 11.5 Å². The Labute approximate surface area is 131 Å². The summed E-state index contributed by atoms with van der Waals surface area (Å²) in [4.78, 5) is 4.13. The molecule has 1 heterocycles. The molecule has 0 radical (unpaired) electrons. The molecule has 1 atom stereocenters. The molecule has 5 nitrogen and oxygen atoms in total. The van der Waals surface area contributed by atoms with Crippen LogP contribution >= 0.6 is 0 Å². The van der Waals surface area contributed by atoms with Gasteiger partial charge >= 0.3 is 0 Å². The van der Waals surface area contributed by atoms with Crippen LogP contribution in [0.15, 0.2) is 42.7 Å². The number of aromatic nitrogens is 1. The number of hydrogen-bond donors (Lipinski definition) is 2. The van der Waals surface area contributed by atoms with Crippen molar-refractivity contribution in [3.8, 4) is 11.5 Å². The number of hydrogen-bond acceptors (Lipinski definition) is 5. The first-order chi connectivity index (χ1) is 10.8. The van der Waals surface area contributed by atoms with E-state index in [2.05, 4.69) is 16.4 Å². The third-order valence-corrected chi connectivity index (χ3v) is 3.53. The highest BCUT2D eigenvalue weighted by molar-refractivity contribution is 5.42. The summed E-state index contributed by atoms with van der Waals surface area (Å²) < 4.78 is 10.6. The van der Waals surface area contributed by atoms with Crippen molar-refractivity contribution in [2.45, 2.75) is 19.0 Å². The highest BCUT2D eigenvalue weighted by atomic mass is 16.5. The van der Waals surface area contributed by atoms with Crippen LogP contribution in [0, 0.1) is 0 Å². The molecular weight excluding hydrogens is 278 g/mol. The van der Waals surface area contributed by atoms with Crippen LogP contribution in [0.2, 0.25) is 0 Å². The van der Waals surface area contributed by atoms with E-state index in [0.29, 0.717) is 6.54 Å². The van der Waals surface area contributed by atoms with E-state index in [4.69, 9.17) is 15.2 Å². The van der Waals surface area contributed by atoms with Crippen molar-refractivity contribution in [3.63, 3.8) is 0 Å². The lowest BCUT2D eigenvalue weighted by molar-refractivity contribution is 0.354. The number of nitrogens with one attached hydrogen (secondary N) is 1. The summed E-state index contributed by atoms with van der Waals surface area (Å²) in [7, 11) is 3.27. The van der Waals surface area contributed by atoms with Crippen LogP contribution in [0.25, 0.3) is 0 Å². The first kappa shape index (κ1) is 16.3. The maximum absolute atomic E-state index is 5.86. The second-order valence-electron chi connectivity index (χ2n) is 5.07. The number of nitrogens with zero attached hydrogens (tertiary/aromatic N) is 1. The van der Waals surface area contributed by atoms with Crippen LogP contribution in [0.4, 0.5) is 0 Å². The van der Waals surface area contributed by atoms with Crippen molar-refractivity contribution in [3.05, 3.63) is 53.9 Å². The third-order valence-electron chi connectivity index (χ3n) is 3.53. The summed E-state index contributed by atoms with van der Waals surface area (Å²) in [5.74, 6) is 1.47. The van der Waals surface area contributed by atoms with E-state index < -0.39 is 0 Å². The third kappa shape index (κ3) is 4.44. The molecule has 2 aromatic rings. The van der Waals surface area contributed by atoms with E-state index >= 15 is 0 Å². The number of pyridine rings is 1. The number of benzene rings is 1. The molecule has 2 rings (SSSR count). The Kier molecular flexibility index (Phi) is 6.18. The molecule has 0 bridgehead atoms. The predicted molar refractivity (Wildman–Crippen MR) is 87.2 cm³/mol. The molecule has 0 fully saturated rings. The van der Waals surface area contributed by atoms with E-state index in [1.807, 2.05) is 30.5 Å². The van der Waals surface area contributed by atoms with E-state index in [1.165, 1.54) is 5.56 Å². The SMILES string of the molecule is COc1ccc(CNC(CN)Cc2cccnc2)cc1OC. The predicted octanol–water partition coefficient (Wildman–Crippen LogP) is 1.76. The van der Waals surface area contributed by atoms with Crippen LogP contribution < -0.4 is 20.5 Å². The molecule has 0 saturated carbocycles. The van der Waals surface area contributed by atoms with Crippen molar-refractivity contribution in [1.82, 2.24) is 10.3 Å². The Morgan fingerprint density at radius 2 is 1.95 bits per heavy atom. The molecule has 1 aromatic heterocycles. The minimum absolute atomic E-state index is 0.206. The topological polar surface area (TPSA) is 69.4 Å². The lowest BCUT2D eigenvalue weighted by atomic mass is 10.1. The first-order valence-corrected chi connectivity index (χ1v) is 7.30. The Balaban J connectivity index is 1.95. The molecule has 3 N–H and O–H groups in total. The molecule has 1 aromatic carbocycles. The summed E-state index contributed by atoms with van der Waals surface area (Å²) in [6.45, 7) is 1.30. The largest absolute Gasteiger partial charge is 0.493 e. The van der Waals surface area contributed by atoms with Crippen molar-refractivity contribution in [2.24, 2.45) is 5.73 Å². The summed E-state index contributed by atoms with van der Waals surface area (Å²) in [5.41, 5.74) is 8.16. The standard InChI is InChI=1S/C17H23N3O2/c1-21-16-6-5-14(9-17(16)22-2)12-20-15(10-18)8-13-4-3-7-19-11-13/h3-7,9,11,15,20H,8,10,12,18H2,1-2H3. The van der Waals surface area contributed by atoms with Gasteiger partial charge in [-0.25, -0.2) is 0 Å². The maximum Gasteiger partial charge on any atom is 0.161 e. The second-order valence-corrected chi connectivity index (χ2v) is 5.07. The molecule has 22 heavy (non-hydrogen) atoms. The molecule has 118 valence electrons. The number of nitrogens with two attached hydrogens (primary N) is 1. The van der Waals surface area contributed by atoms with Gasteiger partial charge < -0.3 is 20.5 Å². The molecule has 5 heteroatoms. The monoisotopic (exact) mass is 301 g/mol. The smallest absolute Gasteiger partial charge is 0.161 e. The Morgan fingerprint density at radius 3 is 2.59 bits per heavy atom. The van der Waals surface area contributed by atoms with E-state index in [1.54, 1.807) is 20.4 Å². The van der Waals surface area contributed by atoms with Crippen molar-refractivity contribution in [2.75, 3.05) is 20.8 Å². The number of ether oxygens (including phenoxy) is 2. The van der Waals surface area contributed by atoms with Gasteiger partial charge in [0.05, 0.1) is 14.2 Å². The fourth-order valence-electron chi connectivity index (χ4n) is 2.30. The van der Waals surface area contributed by atoms with Crippen LogP contribution in [0.3, 0.4) is 0 Å². The second kappa shape index (κ2) is 8.36. The van der Waals surface area contributed by atoms with Gasteiger partial charge in [-0.2, -0.15) is 0 Å². The highest BCUT2D eigenvalue weighted by Crippen LogP contribution is 2.27. The summed E-state index contributed by atoms with van der Waals surface area (Å²) in [6.07, 6.45) is 4.51. The van der Waals surface area contributed by atoms with Crippen molar-refractivity contribution < 1.29 is 9.47 Å². The van der Waals surface area contributed by atoms with Gasteiger partial charge in [-0.05, 0) is 35.7 Å². The van der Waals surface area contributed by atoms with E-state index in [0.717, 1.165) is 30.0 Å².